The first-order valence-electron chi connectivity index (χ1n) is 19.6. The molecule has 0 aliphatic carbocycles. The van der Waals surface area contributed by atoms with Gasteiger partial charge in [-0.15, -0.1) is 32.9 Å². The number of nitrogens with zero attached hydrogens (tertiary/aromatic N) is 2. The van der Waals surface area contributed by atoms with Crippen molar-refractivity contribution in [2.45, 2.75) is 79.1 Å². The normalized spacial score (nSPS) is 12.3. The van der Waals surface area contributed by atoms with E-state index in [4.69, 9.17) is 4.42 Å². The summed E-state index contributed by atoms with van der Waals surface area (Å²) < 4.78 is 11.8. The van der Waals surface area contributed by atoms with E-state index in [0.29, 0.717) is 35.5 Å². The molecule has 0 unspecified atom stereocenters. The lowest BCUT2D eigenvalue weighted by Crippen LogP contribution is -1.90. The van der Waals surface area contributed by atoms with Crippen LogP contribution in [0.4, 0.5) is 0 Å². The van der Waals surface area contributed by atoms with E-state index in [1.807, 2.05) is 22.7 Å². The second kappa shape index (κ2) is 13.9. The van der Waals surface area contributed by atoms with E-state index in [9.17, 15) is 0 Å². The molecule has 0 atom stereocenters. The quantitative estimate of drug-likeness (QED) is 0.155. The molecule has 0 radical (unpaired) electrons. The Morgan fingerprint density at radius 1 is 0.400 bits per heavy atom. The van der Waals surface area contributed by atoms with Gasteiger partial charge in [-0.05, 0) is 141 Å². The SMILES string of the molecule is CC(C)c1ccc2sc3c(-c4cccc(-c5nnc(-c6cccc(-c7cc(C(C)C)cc8c7sc7ccc(C(C)C)cc78)c6)o5)c4)cc(C(C)C)cc3c2c1. The number of rotatable bonds is 8. The van der Waals surface area contributed by atoms with Crippen LogP contribution >= 0.6 is 22.7 Å². The van der Waals surface area contributed by atoms with Crippen molar-refractivity contribution in [2.24, 2.45) is 0 Å². The zero-order valence-corrected chi connectivity index (χ0v) is 34.5. The molecular weight excluding hydrogens is 709 g/mol. The average molecular weight is 755 g/mol. The predicted octanol–water partition coefficient (Wildman–Crippen LogP) is 16.0. The van der Waals surface area contributed by atoms with Crippen molar-refractivity contribution in [2.75, 3.05) is 0 Å². The fourth-order valence-corrected chi connectivity index (χ4v) is 10.1. The Morgan fingerprint density at radius 3 is 1.18 bits per heavy atom. The van der Waals surface area contributed by atoms with Gasteiger partial charge < -0.3 is 4.42 Å². The van der Waals surface area contributed by atoms with Crippen LogP contribution in [0, 0.1) is 0 Å². The second-order valence-electron chi connectivity index (χ2n) is 16.3. The van der Waals surface area contributed by atoms with Gasteiger partial charge in [0.2, 0.25) is 11.8 Å². The minimum atomic E-state index is 0.407. The average Bonchev–Trinajstić information content (AvgIpc) is 3.92. The molecule has 3 aromatic heterocycles. The molecule has 9 rings (SSSR count). The number of hydrogen-bond acceptors (Lipinski definition) is 5. The molecule has 55 heavy (non-hydrogen) atoms. The monoisotopic (exact) mass is 754 g/mol. The van der Waals surface area contributed by atoms with E-state index < -0.39 is 0 Å². The lowest BCUT2D eigenvalue weighted by atomic mass is 9.93. The molecule has 274 valence electrons. The molecule has 0 aliphatic rings. The van der Waals surface area contributed by atoms with Crippen molar-refractivity contribution >= 4 is 63.0 Å². The van der Waals surface area contributed by atoms with Crippen molar-refractivity contribution in [3.05, 3.63) is 131 Å². The lowest BCUT2D eigenvalue weighted by molar-refractivity contribution is 0.584. The Hall–Kier alpha value is -5.10. The molecule has 6 aromatic carbocycles. The Kier molecular flexibility index (Phi) is 8.98. The Labute approximate surface area is 331 Å². The van der Waals surface area contributed by atoms with Gasteiger partial charge in [0.1, 0.15) is 0 Å². The lowest BCUT2D eigenvalue weighted by Gasteiger charge is -2.12. The summed E-state index contributed by atoms with van der Waals surface area (Å²) in [6.07, 6.45) is 0. The van der Waals surface area contributed by atoms with Gasteiger partial charge in [0.25, 0.3) is 0 Å². The van der Waals surface area contributed by atoms with Crippen molar-refractivity contribution in [1.82, 2.24) is 10.2 Å². The van der Waals surface area contributed by atoms with Crippen LogP contribution in [0.15, 0.2) is 114 Å². The van der Waals surface area contributed by atoms with Gasteiger partial charge in [-0.2, -0.15) is 0 Å². The van der Waals surface area contributed by atoms with Crippen molar-refractivity contribution < 1.29 is 4.42 Å². The highest BCUT2D eigenvalue weighted by Crippen LogP contribution is 2.45. The summed E-state index contributed by atoms with van der Waals surface area (Å²) in [5.41, 5.74) is 12.1. The first-order valence-corrected chi connectivity index (χ1v) is 21.2. The van der Waals surface area contributed by atoms with Gasteiger partial charge in [-0.25, -0.2) is 0 Å². The van der Waals surface area contributed by atoms with Crippen LogP contribution in [0.1, 0.15) is 101 Å². The maximum atomic E-state index is 6.49. The van der Waals surface area contributed by atoms with Crippen LogP contribution in [-0.4, -0.2) is 10.2 Å². The van der Waals surface area contributed by atoms with Crippen molar-refractivity contribution in [3.63, 3.8) is 0 Å². The van der Waals surface area contributed by atoms with Crippen LogP contribution in [0.3, 0.4) is 0 Å². The van der Waals surface area contributed by atoms with Crippen LogP contribution in [-0.2, 0) is 0 Å². The standard InChI is InChI=1S/C50H46N2OS2/c1-27(2)31-15-17-45-41(21-31)43-25-37(29(5)6)23-39(47(43)54-45)33-11-9-13-35(19-33)49-51-52-50(53-49)36-14-10-12-34(20-36)40-24-38(30(7)8)26-44-42-22-32(28(3)4)16-18-46(42)55-48(40)44/h9-30H,1-8H3. The van der Waals surface area contributed by atoms with Crippen molar-refractivity contribution in [1.29, 1.82) is 0 Å². The summed E-state index contributed by atoms with van der Waals surface area (Å²) in [5, 5.41) is 14.6. The highest BCUT2D eigenvalue weighted by atomic mass is 32.1. The highest BCUT2D eigenvalue weighted by Gasteiger charge is 2.19. The fourth-order valence-electron chi connectivity index (χ4n) is 7.75. The molecule has 0 bridgehead atoms. The number of thiophene rings is 2. The maximum absolute atomic E-state index is 6.49. The molecule has 3 heterocycles. The van der Waals surface area contributed by atoms with Crippen LogP contribution in [0.25, 0.3) is 85.5 Å². The van der Waals surface area contributed by atoms with E-state index in [-0.39, 0.29) is 0 Å². The molecule has 0 N–H and O–H groups in total. The van der Waals surface area contributed by atoms with Gasteiger partial charge in [-0.3, -0.25) is 0 Å². The van der Waals surface area contributed by atoms with Gasteiger partial charge in [0.15, 0.2) is 0 Å². The number of fused-ring (bicyclic) bond motifs is 6. The third-order valence-corrected chi connectivity index (χ3v) is 13.6. The summed E-state index contributed by atoms with van der Waals surface area (Å²) in [6.45, 7) is 18.2. The number of benzene rings is 6. The predicted molar refractivity (Wildman–Crippen MR) is 238 cm³/mol. The molecule has 0 amide bonds. The molecule has 9 aromatic rings. The van der Waals surface area contributed by atoms with Crippen LogP contribution < -0.4 is 0 Å². The topological polar surface area (TPSA) is 38.9 Å². The van der Waals surface area contributed by atoms with Crippen LogP contribution in [0.5, 0.6) is 0 Å². The van der Waals surface area contributed by atoms with E-state index in [0.717, 1.165) is 22.3 Å². The summed E-state index contributed by atoms with van der Waals surface area (Å²) in [5.74, 6) is 2.82. The van der Waals surface area contributed by atoms with Gasteiger partial charge >= 0.3 is 0 Å². The minimum Gasteiger partial charge on any atom is -0.416 e. The van der Waals surface area contributed by atoms with Crippen molar-refractivity contribution in [3.8, 4) is 45.2 Å². The van der Waals surface area contributed by atoms with E-state index in [2.05, 4.69) is 175 Å². The van der Waals surface area contributed by atoms with E-state index >= 15 is 0 Å². The fraction of sp³-hybridized carbons (Fsp3) is 0.240. The Morgan fingerprint density at radius 2 is 0.782 bits per heavy atom. The largest absolute Gasteiger partial charge is 0.416 e. The molecule has 0 saturated carbocycles. The van der Waals surface area contributed by atoms with Gasteiger partial charge in [0.05, 0.1) is 0 Å². The summed E-state index contributed by atoms with van der Waals surface area (Å²) >= 11 is 3.76. The minimum absolute atomic E-state index is 0.407. The molecule has 5 heteroatoms. The van der Waals surface area contributed by atoms with E-state index in [1.165, 1.54) is 73.7 Å². The first kappa shape index (κ1) is 35.6. The third kappa shape index (κ3) is 6.37. The molecule has 0 aliphatic heterocycles. The highest BCUT2D eigenvalue weighted by molar-refractivity contribution is 7.26. The second-order valence-corrected chi connectivity index (χ2v) is 18.4. The summed E-state index contributed by atoms with van der Waals surface area (Å²) in [7, 11) is 0. The molecule has 0 saturated heterocycles. The zero-order chi connectivity index (χ0) is 38.1. The maximum Gasteiger partial charge on any atom is 0.248 e. The number of aromatic nitrogens is 2. The molecule has 0 fully saturated rings. The summed E-state index contributed by atoms with van der Waals surface area (Å²) in [6, 6.07) is 40.7. The van der Waals surface area contributed by atoms with Gasteiger partial charge in [-0.1, -0.05) is 91.8 Å². The molecule has 3 nitrogen and oxygen atoms in total. The van der Waals surface area contributed by atoms with E-state index in [1.54, 1.807) is 0 Å². The number of hydrogen-bond donors (Lipinski definition) is 0. The third-order valence-electron chi connectivity index (χ3n) is 11.2. The molecular formula is C50H46N2OS2. The smallest absolute Gasteiger partial charge is 0.248 e. The summed E-state index contributed by atoms with van der Waals surface area (Å²) in [4.78, 5) is 0. The Bertz CT molecular complexity index is 2700. The van der Waals surface area contributed by atoms with Crippen LogP contribution in [0.2, 0.25) is 0 Å². The Balaban J connectivity index is 1.10. The zero-order valence-electron chi connectivity index (χ0n) is 32.8. The first-order chi connectivity index (χ1) is 26.5. The van der Waals surface area contributed by atoms with Gasteiger partial charge in [0, 0.05) is 51.5 Å². The molecule has 0 spiro atoms.